The molecule has 1 aromatic heterocycles. The van der Waals surface area contributed by atoms with Gasteiger partial charge in [-0.15, -0.1) is 0 Å². The van der Waals surface area contributed by atoms with Gasteiger partial charge >= 0.3 is 0 Å². The molecule has 25 heavy (non-hydrogen) atoms. The van der Waals surface area contributed by atoms with Gasteiger partial charge in [-0.05, 0) is 32.0 Å². The van der Waals surface area contributed by atoms with Crippen LogP contribution in [0.1, 0.15) is 23.2 Å². The summed E-state index contributed by atoms with van der Waals surface area (Å²) in [5.74, 6) is -1.03. The first-order valence-corrected chi connectivity index (χ1v) is 8.55. The molecule has 1 amide bonds. The predicted molar refractivity (Wildman–Crippen MR) is 98.6 cm³/mol. The molecule has 0 spiro atoms. The fourth-order valence-electron chi connectivity index (χ4n) is 3.90. The summed E-state index contributed by atoms with van der Waals surface area (Å²) in [6.07, 6.45) is 2.07. The second-order valence-electron chi connectivity index (χ2n) is 6.61. The average Bonchev–Trinajstić information content (AvgIpc) is 3.00. The molecule has 0 aliphatic carbocycles. The van der Waals surface area contributed by atoms with Crippen LogP contribution in [0.4, 0.5) is 10.1 Å². The molecule has 1 atom stereocenters. The first kappa shape index (κ1) is 15.9. The number of carbonyl (C=O) groups is 1. The van der Waals surface area contributed by atoms with Crippen LogP contribution in [0.2, 0.25) is 0 Å². The quantitative estimate of drug-likeness (QED) is 0.686. The number of carbonyl (C=O) groups excluding carboxylic acids is 1. The Hall–Kier alpha value is -2.60. The zero-order valence-corrected chi connectivity index (χ0v) is 14.1. The number of halogens is 1. The van der Waals surface area contributed by atoms with Gasteiger partial charge in [-0.3, -0.25) is 4.79 Å². The second kappa shape index (κ2) is 6.04. The smallest absolute Gasteiger partial charge is 0.250 e. The first-order valence-electron chi connectivity index (χ1n) is 8.55. The van der Waals surface area contributed by atoms with Crippen LogP contribution in [0.15, 0.2) is 30.3 Å². The van der Waals surface area contributed by atoms with Gasteiger partial charge in [-0.2, -0.15) is 0 Å². The Labute approximate surface area is 145 Å². The van der Waals surface area contributed by atoms with Crippen molar-refractivity contribution >= 4 is 33.4 Å². The number of nitrogens with zero attached hydrogens (tertiary/aromatic N) is 1. The Balaban J connectivity index is 2.02. The van der Waals surface area contributed by atoms with Crippen LogP contribution < -0.4 is 16.0 Å². The third kappa shape index (κ3) is 2.53. The van der Waals surface area contributed by atoms with Crippen molar-refractivity contribution in [1.29, 1.82) is 0 Å². The Morgan fingerprint density at radius 2 is 2.20 bits per heavy atom. The third-order valence-corrected chi connectivity index (χ3v) is 5.12. The lowest BCUT2D eigenvalue weighted by atomic mass is 10.0. The maximum Gasteiger partial charge on any atom is 0.250 e. The van der Waals surface area contributed by atoms with E-state index in [9.17, 15) is 4.79 Å². The Bertz CT molecular complexity index is 965. The summed E-state index contributed by atoms with van der Waals surface area (Å²) in [5.41, 5.74) is 7.71. The summed E-state index contributed by atoms with van der Waals surface area (Å²) >= 11 is 0. The minimum absolute atomic E-state index is 0.189. The van der Waals surface area contributed by atoms with E-state index in [0.29, 0.717) is 17.2 Å². The molecule has 2 heterocycles. The molecule has 1 aliphatic heterocycles. The summed E-state index contributed by atoms with van der Waals surface area (Å²) in [4.78, 5) is 17.2. The molecule has 1 saturated heterocycles. The van der Waals surface area contributed by atoms with Crippen molar-refractivity contribution in [3.8, 4) is 0 Å². The molecule has 0 bridgehead atoms. The van der Waals surface area contributed by atoms with Gasteiger partial charge in [0.05, 0.1) is 16.8 Å². The SMILES string of the molecule is CNC1CCCN(c2c(F)cc(C(N)=O)c3[nH]c4ccccc4c23)C1. The van der Waals surface area contributed by atoms with E-state index in [1.165, 1.54) is 6.07 Å². The van der Waals surface area contributed by atoms with Crippen LogP contribution in [0, 0.1) is 5.82 Å². The first-order chi connectivity index (χ1) is 12.1. The molecule has 1 unspecified atom stereocenters. The molecule has 0 radical (unpaired) electrons. The number of hydrogen-bond donors (Lipinski definition) is 3. The number of amides is 1. The molecule has 2 aromatic carbocycles. The van der Waals surface area contributed by atoms with E-state index in [2.05, 4.69) is 15.2 Å². The number of nitrogens with one attached hydrogen (secondary N) is 2. The monoisotopic (exact) mass is 340 g/mol. The summed E-state index contributed by atoms with van der Waals surface area (Å²) in [6, 6.07) is 9.29. The zero-order valence-electron chi connectivity index (χ0n) is 14.1. The molecule has 1 aliphatic rings. The largest absolute Gasteiger partial charge is 0.367 e. The molecule has 5 nitrogen and oxygen atoms in total. The zero-order chi connectivity index (χ0) is 17.6. The number of anilines is 1. The number of aromatic amines is 1. The van der Waals surface area contributed by atoms with Crippen molar-refractivity contribution in [2.75, 3.05) is 25.0 Å². The molecule has 6 heteroatoms. The Morgan fingerprint density at radius 3 is 2.96 bits per heavy atom. The molecule has 3 aromatic rings. The minimum atomic E-state index is -0.631. The van der Waals surface area contributed by atoms with E-state index in [1.807, 2.05) is 31.3 Å². The lowest BCUT2D eigenvalue weighted by Gasteiger charge is -2.35. The summed E-state index contributed by atoms with van der Waals surface area (Å²) in [7, 11) is 1.93. The van der Waals surface area contributed by atoms with Gasteiger partial charge in [0.1, 0.15) is 5.82 Å². The minimum Gasteiger partial charge on any atom is -0.367 e. The van der Waals surface area contributed by atoms with E-state index >= 15 is 4.39 Å². The van der Waals surface area contributed by atoms with Gasteiger partial charge in [0.2, 0.25) is 0 Å². The van der Waals surface area contributed by atoms with Gasteiger partial charge < -0.3 is 20.9 Å². The number of piperidine rings is 1. The van der Waals surface area contributed by atoms with E-state index in [-0.39, 0.29) is 5.56 Å². The Kier molecular flexibility index (Phi) is 3.84. The maximum absolute atomic E-state index is 15.1. The highest BCUT2D eigenvalue weighted by Crippen LogP contribution is 2.38. The van der Waals surface area contributed by atoms with Crippen molar-refractivity contribution in [3.05, 3.63) is 41.7 Å². The molecule has 1 fully saturated rings. The molecular formula is C19H21FN4O. The lowest BCUT2D eigenvalue weighted by molar-refractivity contribution is 0.100. The maximum atomic E-state index is 15.1. The van der Waals surface area contributed by atoms with Gasteiger partial charge in [0.25, 0.3) is 5.91 Å². The number of aromatic nitrogens is 1. The van der Waals surface area contributed by atoms with Crippen molar-refractivity contribution in [3.63, 3.8) is 0 Å². The third-order valence-electron chi connectivity index (χ3n) is 5.12. The normalized spacial score (nSPS) is 18.2. The standard InChI is InChI=1S/C19H21FN4O/c1-22-11-5-4-8-24(10-11)18-14(20)9-13(19(21)25)17-16(18)12-6-2-3-7-15(12)23-17/h2-3,6-7,9,11,22-23H,4-5,8,10H2,1H3,(H2,21,25). The summed E-state index contributed by atoms with van der Waals surface area (Å²) in [6.45, 7) is 1.53. The number of likely N-dealkylation sites (N-methyl/N-ethyl adjacent to an activating group) is 1. The van der Waals surface area contributed by atoms with Crippen molar-refractivity contribution in [1.82, 2.24) is 10.3 Å². The van der Waals surface area contributed by atoms with Gasteiger partial charge in [-0.25, -0.2) is 4.39 Å². The number of fused-ring (bicyclic) bond motifs is 3. The van der Waals surface area contributed by atoms with Crippen molar-refractivity contribution in [2.45, 2.75) is 18.9 Å². The van der Waals surface area contributed by atoms with E-state index in [1.54, 1.807) is 0 Å². The fourth-order valence-corrected chi connectivity index (χ4v) is 3.90. The number of nitrogens with two attached hydrogens (primary N) is 1. The highest BCUT2D eigenvalue weighted by molar-refractivity contribution is 6.19. The average molecular weight is 340 g/mol. The lowest BCUT2D eigenvalue weighted by Crippen LogP contribution is -2.44. The number of rotatable bonds is 3. The second-order valence-corrected chi connectivity index (χ2v) is 6.61. The number of H-pyrrole nitrogens is 1. The van der Waals surface area contributed by atoms with Crippen LogP contribution >= 0.6 is 0 Å². The van der Waals surface area contributed by atoms with Crippen LogP contribution in [0.25, 0.3) is 21.8 Å². The van der Waals surface area contributed by atoms with Gasteiger partial charge in [0, 0.05) is 35.4 Å². The Morgan fingerprint density at radius 1 is 1.40 bits per heavy atom. The topological polar surface area (TPSA) is 74.2 Å². The van der Waals surface area contributed by atoms with E-state index < -0.39 is 11.7 Å². The van der Waals surface area contributed by atoms with Crippen LogP contribution in [-0.2, 0) is 0 Å². The number of para-hydroxylation sites is 1. The fraction of sp³-hybridized carbons (Fsp3) is 0.316. The molecule has 0 saturated carbocycles. The highest BCUT2D eigenvalue weighted by Gasteiger charge is 2.26. The molecule has 4 N–H and O–H groups in total. The summed E-state index contributed by atoms with van der Waals surface area (Å²) < 4.78 is 15.1. The summed E-state index contributed by atoms with van der Waals surface area (Å²) in [5, 5.41) is 4.93. The van der Waals surface area contributed by atoms with Gasteiger partial charge in [0.15, 0.2) is 0 Å². The van der Waals surface area contributed by atoms with Crippen molar-refractivity contribution < 1.29 is 9.18 Å². The number of primary amides is 1. The van der Waals surface area contributed by atoms with Crippen LogP contribution in [-0.4, -0.2) is 37.1 Å². The predicted octanol–water partition coefficient (Wildman–Crippen LogP) is 2.75. The van der Waals surface area contributed by atoms with E-state index in [4.69, 9.17) is 5.73 Å². The van der Waals surface area contributed by atoms with Crippen LogP contribution in [0.5, 0.6) is 0 Å². The molecular weight excluding hydrogens is 319 g/mol. The van der Waals surface area contributed by atoms with E-state index in [0.717, 1.165) is 42.2 Å². The molecule has 130 valence electrons. The van der Waals surface area contributed by atoms with Gasteiger partial charge in [-0.1, -0.05) is 18.2 Å². The van der Waals surface area contributed by atoms with Crippen LogP contribution in [0.3, 0.4) is 0 Å². The highest BCUT2D eigenvalue weighted by atomic mass is 19.1. The van der Waals surface area contributed by atoms with Crippen molar-refractivity contribution in [2.24, 2.45) is 5.73 Å². The number of hydrogen-bond acceptors (Lipinski definition) is 3. The number of benzene rings is 2. The molecule has 4 rings (SSSR count).